The van der Waals surface area contributed by atoms with E-state index in [1.54, 1.807) is 6.33 Å². The van der Waals surface area contributed by atoms with E-state index in [4.69, 9.17) is 0 Å². The minimum absolute atomic E-state index is 0.117. The Hall–Kier alpha value is -2.43. The molecule has 1 aromatic heterocycles. The first kappa shape index (κ1) is 19.3. The van der Waals surface area contributed by atoms with E-state index in [0.29, 0.717) is 5.92 Å². The SMILES string of the molecule is Cc1ccc(-c2cc(N3CCC(C(=O)NCCC(C)C)CC3)ncn2)cc1. The average Bonchev–Trinajstić information content (AvgIpc) is 2.68. The van der Waals surface area contributed by atoms with Gasteiger partial charge in [-0.05, 0) is 32.1 Å². The van der Waals surface area contributed by atoms with Crippen molar-refractivity contribution < 1.29 is 4.79 Å². The van der Waals surface area contributed by atoms with Crippen LogP contribution in [0.5, 0.6) is 0 Å². The summed E-state index contributed by atoms with van der Waals surface area (Å²) in [4.78, 5) is 23.5. The molecule has 0 unspecified atom stereocenters. The minimum Gasteiger partial charge on any atom is -0.356 e. The summed E-state index contributed by atoms with van der Waals surface area (Å²) in [5.74, 6) is 1.89. The van der Waals surface area contributed by atoms with Crippen molar-refractivity contribution in [3.8, 4) is 11.3 Å². The highest BCUT2D eigenvalue weighted by Gasteiger charge is 2.25. The van der Waals surface area contributed by atoms with Crippen LogP contribution in [0.3, 0.4) is 0 Å². The molecule has 1 amide bonds. The molecule has 1 aliphatic heterocycles. The summed E-state index contributed by atoms with van der Waals surface area (Å²) in [6.45, 7) is 8.93. The Morgan fingerprint density at radius 3 is 2.56 bits per heavy atom. The van der Waals surface area contributed by atoms with Crippen LogP contribution in [0.15, 0.2) is 36.7 Å². The van der Waals surface area contributed by atoms with Gasteiger partial charge in [-0.3, -0.25) is 4.79 Å². The van der Waals surface area contributed by atoms with E-state index in [2.05, 4.69) is 65.2 Å². The molecule has 1 fully saturated rings. The molecule has 1 aliphatic rings. The first-order valence-corrected chi connectivity index (χ1v) is 9.94. The molecule has 5 nitrogen and oxygen atoms in total. The van der Waals surface area contributed by atoms with Gasteiger partial charge in [0, 0.05) is 37.2 Å². The zero-order valence-electron chi connectivity index (χ0n) is 16.6. The molecule has 1 aromatic carbocycles. The topological polar surface area (TPSA) is 58.1 Å². The zero-order chi connectivity index (χ0) is 19.2. The van der Waals surface area contributed by atoms with Crippen molar-refractivity contribution in [3.05, 3.63) is 42.2 Å². The molecule has 1 saturated heterocycles. The summed E-state index contributed by atoms with van der Waals surface area (Å²) < 4.78 is 0. The van der Waals surface area contributed by atoms with Crippen molar-refractivity contribution in [2.24, 2.45) is 11.8 Å². The molecule has 0 radical (unpaired) electrons. The largest absolute Gasteiger partial charge is 0.356 e. The highest BCUT2D eigenvalue weighted by molar-refractivity contribution is 5.79. The van der Waals surface area contributed by atoms with Crippen LogP contribution < -0.4 is 10.2 Å². The number of aromatic nitrogens is 2. The fraction of sp³-hybridized carbons (Fsp3) is 0.500. The number of benzene rings is 1. The van der Waals surface area contributed by atoms with Crippen LogP contribution in [0.4, 0.5) is 5.82 Å². The number of hydrogen-bond donors (Lipinski definition) is 1. The lowest BCUT2D eigenvalue weighted by Gasteiger charge is -2.32. The van der Waals surface area contributed by atoms with E-state index in [1.807, 2.05) is 6.07 Å². The van der Waals surface area contributed by atoms with Crippen LogP contribution in [-0.4, -0.2) is 35.5 Å². The minimum atomic E-state index is 0.117. The van der Waals surface area contributed by atoms with Crippen LogP contribution in [0.1, 0.15) is 38.7 Å². The molecule has 3 rings (SSSR count). The molecular weight excluding hydrogens is 336 g/mol. The van der Waals surface area contributed by atoms with Crippen LogP contribution in [-0.2, 0) is 4.79 Å². The maximum Gasteiger partial charge on any atom is 0.223 e. The third-order valence-corrected chi connectivity index (χ3v) is 5.21. The molecule has 144 valence electrons. The van der Waals surface area contributed by atoms with E-state index in [1.165, 1.54) is 5.56 Å². The molecule has 0 bridgehead atoms. The van der Waals surface area contributed by atoms with E-state index in [-0.39, 0.29) is 11.8 Å². The Labute approximate surface area is 162 Å². The number of piperidine rings is 1. The number of hydrogen-bond acceptors (Lipinski definition) is 4. The van der Waals surface area contributed by atoms with Gasteiger partial charge in [-0.25, -0.2) is 9.97 Å². The van der Waals surface area contributed by atoms with Gasteiger partial charge < -0.3 is 10.2 Å². The molecule has 5 heteroatoms. The normalized spacial score (nSPS) is 15.2. The number of aryl methyl sites for hydroxylation is 1. The summed E-state index contributed by atoms with van der Waals surface area (Å²) in [6.07, 6.45) is 4.41. The molecule has 2 aromatic rings. The van der Waals surface area contributed by atoms with Gasteiger partial charge >= 0.3 is 0 Å². The lowest BCUT2D eigenvalue weighted by Crippen LogP contribution is -2.41. The van der Waals surface area contributed by atoms with Crippen molar-refractivity contribution in [1.82, 2.24) is 15.3 Å². The Bertz CT molecular complexity index is 749. The fourth-order valence-electron chi connectivity index (χ4n) is 3.40. The van der Waals surface area contributed by atoms with Crippen LogP contribution >= 0.6 is 0 Å². The van der Waals surface area contributed by atoms with Gasteiger partial charge in [0.15, 0.2) is 0 Å². The first-order chi connectivity index (χ1) is 13.0. The van der Waals surface area contributed by atoms with Crippen molar-refractivity contribution in [3.63, 3.8) is 0 Å². The third kappa shape index (κ3) is 5.28. The molecule has 2 heterocycles. The van der Waals surface area contributed by atoms with Gasteiger partial charge in [0.05, 0.1) is 5.69 Å². The first-order valence-electron chi connectivity index (χ1n) is 9.94. The van der Waals surface area contributed by atoms with Gasteiger partial charge in [0.25, 0.3) is 0 Å². The van der Waals surface area contributed by atoms with Crippen molar-refractivity contribution in [2.45, 2.75) is 40.0 Å². The number of carbonyl (C=O) groups excluding carboxylic acids is 1. The maximum absolute atomic E-state index is 12.3. The maximum atomic E-state index is 12.3. The van der Waals surface area contributed by atoms with Crippen LogP contribution in [0.25, 0.3) is 11.3 Å². The Kier molecular flexibility index (Phi) is 6.43. The van der Waals surface area contributed by atoms with Gasteiger partial charge in [0.2, 0.25) is 5.91 Å². The summed E-state index contributed by atoms with van der Waals surface area (Å²) in [5.41, 5.74) is 3.28. The quantitative estimate of drug-likeness (QED) is 0.844. The predicted octanol–water partition coefficient (Wildman–Crippen LogP) is 3.83. The van der Waals surface area contributed by atoms with Crippen molar-refractivity contribution in [2.75, 3.05) is 24.5 Å². The molecule has 0 atom stereocenters. The van der Waals surface area contributed by atoms with Gasteiger partial charge in [-0.15, -0.1) is 0 Å². The van der Waals surface area contributed by atoms with Gasteiger partial charge in [-0.2, -0.15) is 0 Å². The van der Waals surface area contributed by atoms with Crippen LogP contribution in [0.2, 0.25) is 0 Å². The molecule has 0 saturated carbocycles. The lowest BCUT2D eigenvalue weighted by atomic mass is 9.95. The summed E-state index contributed by atoms with van der Waals surface area (Å²) in [6, 6.07) is 10.4. The molecular formula is C22H30N4O. The Balaban J connectivity index is 1.57. The van der Waals surface area contributed by atoms with Crippen molar-refractivity contribution >= 4 is 11.7 Å². The summed E-state index contributed by atoms with van der Waals surface area (Å²) in [7, 11) is 0. The molecule has 27 heavy (non-hydrogen) atoms. The fourth-order valence-corrected chi connectivity index (χ4v) is 3.40. The third-order valence-electron chi connectivity index (χ3n) is 5.21. The summed E-state index contributed by atoms with van der Waals surface area (Å²) >= 11 is 0. The van der Waals surface area contributed by atoms with Crippen LogP contribution in [0, 0.1) is 18.8 Å². The highest BCUT2D eigenvalue weighted by Crippen LogP contribution is 2.25. The molecule has 0 aliphatic carbocycles. The Morgan fingerprint density at radius 2 is 1.89 bits per heavy atom. The summed E-state index contributed by atoms with van der Waals surface area (Å²) in [5, 5.41) is 3.09. The van der Waals surface area contributed by atoms with Crippen molar-refractivity contribution in [1.29, 1.82) is 0 Å². The van der Waals surface area contributed by atoms with E-state index < -0.39 is 0 Å². The number of amides is 1. The predicted molar refractivity (Wildman–Crippen MR) is 110 cm³/mol. The number of carbonyl (C=O) groups is 1. The average molecular weight is 367 g/mol. The van der Waals surface area contributed by atoms with E-state index in [0.717, 1.165) is 56.0 Å². The smallest absolute Gasteiger partial charge is 0.223 e. The second-order valence-electron chi connectivity index (χ2n) is 7.86. The Morgan fingerprint density at radius 1 is 1.19 bits per heavy atom. The van der Waals surface area contributed by atoms with Gasteiger partial charge in [0.1, 0.15) is 12.1 Å². The lowest BCUT2D eigenvalue weighted by molar-refractivity contribution is -0.125. The standard InChI is InChI=1S/C22H30N4O/c1-16(2)8-11-23-22(27)19-9-12-26(13-10-19)21-14-20(24-15-25-21)18-6-4-17(3)5-7-18/h4-7,14-16,19H,8-13H2,1-3H3,(H,23,27). The van der Waals surface area contributed by atoms with Gasteiger partial charge in [-0.1, -0.05) is 43.7 Å². The number of rotatable bonds is 6. The number of nitrogens with zero attached hydrogens (tertiary/aromatic N) is 3. The highest BCUT2D eigenvalue weighted by atomic mass is 16.1. The molecule has 0 spiro atoms. The van der Waals surface area contributed by atoms with E-state index >= 15 is 0 Å². The second kappa shape index (κ2) is 8.98. The monoisotopic (exact) mass is 366 g/mol. The number of anilines is 1. The second-order valence-corrected chi connectivity index (χ2v) is 7.86. The zero-order valence-corrected chi connectivity index (χ0v) is 16.6. The van der Waals surface area contributed by atoms with E-state index in [9.17, 15) is 4.79 Å². The number of nitrogens with one attached hydrogen (secondary N) is 1. The molecule has 1 N–H and O–H groups in total.